The van der Waals surface area contributed by atoms with Gasteiger partial charge in [-0.1, -0.05) is 29.8 Å². The summed E-state index contributed by atoms with van der Waals surface area (Å²) in [6, 6.07) is 19.9. The van der Waals surface area contributed by atoms with Gasteiger partial charge in [-0.2, -0.15) is 0 Å². The second-order valence-corrected chi connectivity index (χ2v) is 7.79. The van der Waals surface area contributed by atoms with E-state index in [0.717, 1.165) is 12.0 Å². The smallest absolute Gasteiger partial charge is 0.322 e. The lowest BCUT2D eigenvalue weighted by molar-refractivity contribution is 0.102. The summed E-state index contributed by atoms with van der Waals surface area (Å²) < 4.78 is 13.1. The van der Waals surface area contributed by atoms with Crippen LogP contribution in [0.1, 0.15) is 22.3 Å². The number of hydrogen-bond acceptors (Lipinski definition) is 2. The molecular weight excluding hydrogens is 417 g/mol. The van der Waals surface area contributed by atoms with Gasteiger partial charge in [0.15, 0.2) is 0 Å². The third-order valence-electron chi connectivity index (χ3n) is 5.10. The Hall–Kier alpha value is -3.38. The Balaban J connectivity index is 1.48. The Labute approximate surface area is 185 Å². The van der Waals surface area contributed by atoms with Gasteiger partial charge in [0.2, 0.25) is 0 Å². The number of rotatable bonds is 5. The van der Waals surface area contributed by atoms with E-state index < -0.39 is 5.82 Å². The van der Waals surface area contributed by atoms with Gasteiger partial charge in [-0.25, -0.2) is 9.18 Å². The fourth-order valence-corrected chi connectivity index (χ4v) is 3.79. The first-order valence-corrected chi connectivity index (χ1v) is 10.4. The summed E-state index contributed by atoms with van der Waals surface area (Å²) in [4.78, 5) is 29.0. The lowest BCUT2D eigenvalue weighted by Crippen LogP contribution is -2.49. The zero-order valence-corrected chi connectivity index (χ0v) is 17.5. The van der Waals surface area contributed by atoms with Gasteiger partial charge in [0.05, 0.1) is 0 Å². The van der Waals surface area contributed by atoms with Crippen LogP contribution in [0.25, 0.3) is 0 Å². The molecule has 1 aliphatic heterocycles. The fraction of sp³-hybridized carbons (Fsp3) is 0.167. The van der Waals surface area contributed by atoms with Crippen molar-refractivity contribution in [1.29, 1.82) is 0 Å². The maximum atomic E-state index is 13.1. The number of anilines is 2. The molecule has 0 saturated carbocycles. The number of hydrogen-bond donors (Lipinski definition) is 1. The Morgan fingerprint density at radius 2 is 1.77 bits per heavy atom. The highest BCUT2D eigenvalue weighted by Gasteiger charge is 2.27. The molecule has 1 saturated heterocycles. The average molecular weight is 438 g/mol. The minimum atomic E-state index is -0.399. The highest BCUT2D eigenvalue weighted by atomic mass is 35.5. The van der Waals surface area contributed by atoms with E-state index in [4.69, 9.17) is 11.6 Å². The van der Waals surface area contributed by atoms with E-state index >= 15 is 0 Å². The van der Waals surface area contributed by atoms with Crippen LogP contribution in [0, 0.1) is 5.82 Å². The molecule has 1 fully saturated rings. The topological polar surface area (TPSA) is 52.7 Å². The van der Waals surface area contributed by atoms with Crippen molar-refractivity contribution in [3.63, 3.8) is 0 Å². The SMILES string of the molecule is O=C(Nc1cccc(N2CCCN(Cc3cccc(Cl)c3)C2=O)c1)c1ccc(F)cc1. The van der Waals surface area contributed by atoms with Crippen molar-refractivity contribution in [2.45, 2.75) is 13.0 Å². The summed E-state index contributed by atoms with van der Waals surface area (Å²) in [5.74, 6) is -0.741. The summed E-state index contributed by atoms with van der Waals surface area (Å²) in [6.45, 7) is 1.75. The molecule has 5 nitrogen and oxygen atoms in total. The quantitative estimate of drug-likeness (QED) is 0.567. The Morgan fingerprint density at radius 1 is 1.00 bits per heavy atom. The molecule has 1 heterocycles. The number of carbonyl (C=O) groups is 2. The normalized spacial score (nSPS) is 13.9. The Morgan fingerprint density at radius 3 is 2.55 bits per heavy atom. The number of nitrogens with one attached hydrogen (secondary N) is 1. The highest BCUT2D eigenvalue weighted by Crippen LogP contribution is 2.25. The fourth-order valence-electron chi connectivity index (χ4n) is 3.58. The lowest BCUT2D eigenvalue weighted by atomic mass is 10.1. The molecule has 3 amide bonds. The Kier molecular flexibility index (Phi) is 6.18. The van der Waals surface area contributed by atoms with Crippen LogP contribution in [0.15, 0.2) is 72.8 Å². The van der Waals surface area contributed by atoms with Gasteiger partial charge in [0, 0.05) is 41.6 Å². The monoisotopic (exact) mass is 437 g/mol. The molecule has 0 aromatic heterocycles. The molecule has 0 aliphatic carbocycles. The number of benzene rings is 3. The zero-order chi connectivity index (χ0) is 21.8. The first-order chi connectivity index (χ1) is 15.0. The van der Waals surface area contributed by atoms with Crippen LogP contribution in [-0.4, -0.2) is 29.9 Å². The predicted molar refractivity (Wildman–Crippen MR) is 120 cm³/mol. The van der Waals surface area contributed by atoms with Crippen molar-refractivity contribution in [2.75, 3.05) is 23.3 Å². The summed E-state index contributed by atoms with van der Waals surface area (Å²) in [6.07, 6.45) is 0.832. The molecule has 3 aromatic rings. The van der Waals surface area contributed by atoms with Crippen LogP contribution in [0.4, 0.5) is 20.6 Å². The predicted octanol–water partition coefficient (Wildman–Crippen LogP) is 5.56. The standard InChI is InChI=1S/C24H21ClFN3O2/c25-19-5-1-4-17(14-19)16-28-12-3-13-29(24(28)31)22-7-2-6-21(15-22)27-23(30)18-8-10-20(26)11-9-18/h1-2,4-11,14-15H,3,12-13,16H2,(H,27,30). The molecule has 1 aliphatic rings. The second kappa shape index (κ2) is 9.18. The van der Waals surface area contributed by atoms with Crippen LogP contribution >= 0.6 is 11.6 Å². The van der Waals surface area contributed by atoms with E-state index in [2.05, 4.69) is 5.32 Å². The van der Waals surface area contributed by atoms with Crippen molar-refractivity contribution in [1.82, 2.24) is 4.90 Å². The van der Waals surface area contributed by atoms with Crippen LogP contribution in [0.2, 0.25) is 5.02 Å². The van der Waals surface area contributed by atoms with Crippen LogP contribution < -0.4 is 10.2 Å². The van der Waals surface area contributed by atoms with Gasteiger partial charge in [-0.15, -0.1) is 0 Å². The van der Waals surface area contributed by atoms with E-state index in [-0.39, 0.29) is 11.9 Å². The number of amides is 3. The summed E-state index contributed by atoms with van der Waals surface area (Å²) in [7, 11) is 0. The van der Waals surface area contributed by atoms with Crippen molar-refractivity contribution in [3.8, 4) is 0 Å². The molecule has 1 N–H and O–H groups in total. The number of urea groups is 1. The van der Waals surface area contributed by atoms with Gasteiger partial charge in [-0.3, -0.25) is 9.69 Å². The highest BCUT2D eigenvalue weighted by molar-refractivity contribution is 6.30. The third-order valence-corrected chi connectivity index (χ3v) is 5.33. The molecule has 31 heavy (non-hydrogen) atoms. The summed E-state index contributed by atoms with van der Waals surface area (Å²) >= 11 is 6.07. The summed E-state index contributed by atoms with van der Waals surface area (Å²) in [5.41, 5.74) is 2.60. The van der Waals surface area contributed by atoms with E-state index in [9.17, 15) is 14.0 Å². The van der Waals surface area contributed by atoms with Crippen LogP contribution in [0.5, 0.6) is 0 Å². The molecule has 0 bridgehead atoms. The zero-order valence-electron chi connectivity index (χ0n) is 16.7. The molecule has 0 unspecified atom stereocenters. The van der Waals surface area contributed by atoms with E-state index in [1.54, 1.807) is 34.1 Å². The maximum absolute atomic E-state index is 13.1. The first-order valence-electron chi connectivity index (χ1n) is 9.97. The van der Waals surface area contributed by atoms with Gasteiger partial charge in [-0.05, 0) is 66.6 Å². The molecule has 0 spiro atoms. The summed E-state index contributed by atoms with van der Waals surface area (Å²) in [5, 5.41) is 3.44. The molecule has 7 heteroatoms. The Bertz CT molecular complexity index is 1100. The molecule has 4 rings (SSSR count). The first kappa shape index (κ1) is 20.9. The lowest BCUT2D eigenvalue weighted by Gasteiger charge is -2.36. The van der Waals surface area contributed by atoms with Gasteiger partial charge in [0.1, 0.15) is 5.82 Å². The minimum Gasteiger partial charge on any atom is -0.322 e. The molecular formula is C24H21ClFN3O2. The van der Waals surface area contributed by atoms with Crippen molar-refractivity contribution < 1.29 is 14.0 Å². The molecule has 3 aromatic carbocycles. The van der Waals surface area contributed by atoms with E-state index in [0.29, 0.717) is 41.6 Å². The maximum Gasteiger partial charge on any atom is 0.324 e. The van der Waals surface area contributed by atoms with Crippen molar-refractivity contribution in [3.05, 3.63) is 94.8 Å². The number of carbonyl (C=O) groups excluding carboxylic acids is 2. The van der Waals surface area contributed by atoms with Gasteiger partial charge < -0.3 is 10.2 Å². The van der Waals surface area contributed by atoms with Crippen LogP contribution in [0.3, 0.4) is 0 Å². The average Bonchev–Trinajstić information content (AvgIpc) is 2.76. The van der Waals surface area contributed by atoms with Crippen LogP contribution in [-0.2, 0) is 6.54 Å². The van der Waals surface area contributed by atoms with Crippen molar-refractivity contribution >= 4 is 34.9 Å². The number of nitrogens with zero attached hydrogens (tertiary/aromatic N) is 2. The van der Waals surface area contributed by atoms with Gasteiger partial charge in [0.25, 0.3) is 5.91 Å². The van der Waals surface area contributed by atoms with Gasteiger partial charge >= 0.3 is 6.03 Å². The number of halogens is 2. The minimum absolute atomic E-state index is 0.0896. The molecule has 0 radical (unpaired) electrons. The molecule has 0 atom stereocenters. The second-order valence-electron chi connectivity index (χ2n) is 7.35. The largest absolute Gasteiger partial charge is 0.324 e. The third kappa shape index (κ3) is 5.03. The van der Waals surface area contributed by atoms with Crippen molar-refractivity contribution in [2.24, 2.45) is 0 Å². The molecule has 158 valence electrons. The van der Waals surface area contributed by atoms with E-state index in [1.165, 1.54) is 24.3 Å². The van der Waals surface area contributed by atoms with E-state index in [1.807, 2.05) is 24.3 Å².